The van der Waals surface area contributed by atoms with Crippen molar-refractivity contribution >= 4 is 5.96 Å². The van der Waals surface area contributed by atoms with Gasteiger partial charge in [0.05, 0.1) is 13.2 Å². The van der Waals surface area contributed by atoms with Gasteiger partial charge in [-0.3, -0.25) is 0 Å². The van der Waals surface area contributed by atoms with Gasteiger partial charge in [-0.25, -0.2) is 4.99 Å². The molecule has 0 saturated heterocycles. The molecule has 1 rings (SSSR count). The first-order valence-electron chi connectivity index (χ1n) is 9.32. The molecule has 0 aromatic heterocycles. The van der Waals surface area contributed by atoms with Crippen LogP contribution in [-0.4, -0.2) is 37.9 Å². The fraction of sp³-hybridized carbons (Fsp3) is 0.650. The van der Waals surface area contributed by atoms with Crippen LogP contribution in [0.2, 0.25) is 0 Å². The predicted molar refractivity (Wildman–Crippen MR) is 105 cm³/mol. The molecule has 1 aromatic rings. The van der Waals surface area contributed by atoms with E-state index in [1.807, 2.05) is 6.07 Å². The number of hydrogen-bond acceptors (Lipinski definition) is 3. The molecule has 3 N–H and O–H groups in total. The number of aliphatic imine (C=N–C) groups is 1. The fourth-order valence-electron chi connectivity index (χ4n) is 2.95. The van der Waals surface area contributed by atoms with Crippen LogP contribution in [0.4, 0.5) is 0 Å². The van der Waals surface area contributed by atoms with Crippen LogP contribution in [0.1, 0.15) is 51.2 Å². The molecule has 0 aliphatic carbocycles. The van der Waals surface area contributed by atoms with E-state index in [1.165, 1.54) is 5.56 Å². The Balaban J connectivity index is 2.74. The molecule has 0 aliphatic heterocycles. The molecule has 142 valence electrons. The van der Waals surface area contributed by atoms with Crippen molar-refractivity contribution < 1.29 is 9.84 Å². The average molecular weight is 350 g/mol. The fourth-order valence-corrected chi connectivity index (χ4v) is 2.95. The van der Waals surface area contributed by atoms with Gasteiger partial charge in [-0.1, -0.05) is 38.1 Å². The largest absolute Gasteiger partial charge is 0.396 e. The highest BCUT2D eigenvalue weighted by atomic mass is 16.5. The quantitative estimate of drug-likeness (QED) is 0.424. The summed E-state index contributed by atoms with van der Waals surface area (Å²) >= 11 is 0. The molecule has 0 unspecified atom stereocenters. The Bertz CT molecular complexity index is 513. The summed E-state index contributed by atoms with van der Waals surface area (Å²) in [7, 11) is 1.71. The molecule has 1 aromatic carbocycles. The van der Waals surface area contributed by atoms with Gasteiger partial charge in [0.25, 0.3) is 0 Å². The van der Waals surface area contributed by atoms with E-state index >= 15 is 0 Å². The summed E-state index contributed by atoms with van der Waals surface area (Å²) in [4.78, 5) is 4.71. The molecule has 5 nitrogen and oxygen atoms in total. The van der Waals surface area contributed by atoms with Crippen molar-refractivity contribution in [3.8, 4) is 0 Å². The number of nitrogens with one attached hydrogen (secondary N) is 2. The number of aliphatic hydroxyl groups is 1. The van der Waals surface area contributed by atoms with Crippen LogP contribution in [0.15, 0.2) is 29.3 Å². The molecule has 0 amide bonds. The van der Waals surface area contributed by atoms with Crippen molar-refractivity contribution in [3.05, 3.63) is 35.4 Å². The zero-order chi connectivity index (χ0) is 18.5. The third-order valence-electron chi connectivity index (χ3n) is 4.84. The van der Waals surface area contributed by atoms with Crippen molar-refractivity contribution in [3.63, 3.8) is 0 Å². The molecular formula is C20H35N3O2. The molecule has 0 fully saturated rings. The van der Waals surface area contributed by atoms with Crippen LogP contribution in [0.5, 0.6) is 0 Å². The lowest BCUT2D eigenvalue weighted by atomic mass is 9.79. The predicted octanol–water partition coefficient (Wildman–Crippen LogP) is 3.08. The van der Waals surface area contributed by atoms with Crippen LogP contribution in [0.3, 0.4) is 0 Å². The van der Waals surface area contributed by atoms with E-state index in [4.69, 9.17) is 9.73 Å². The van der Waals surface area contributed by atoms with Crippen LogP contribution in [0, 0.1) is 5.41 Å². The van der Waals surface area contributed by atoms with Crippen LogP contribution in [0.25, 0.3) is 0 Å². The van der Waals surface area contributed by atoms with Gasteiger partial charge in [-0.05, 0) is 42.7 Å². The third-order valence-corrected chi connectivity index (χ3v) is 4.84. The molecule has 0 aliphatic rings. The monoisotopic (exact) mass is 349 g/mol. The molecule has 0 heterocycles. The van der Waals surface area contributed by atoms with E-state index in [0.29, 0.717) is 13.2 Å². The third kappa shape index (κ3) is 7.45. The smallest absolute Gasteiger partial charge is 0.191 e. The Morgan fingerprint density at radius 3 is 2.48 bits per heavy atom. The number of aliphatic hydroxyl groups excluding tert-OH is 1. The second-order valence-corrected chi connectivity index (χ2v) is 6.48. The summed E-state index contributed by atoms with van der Waals surface area (Å²) in [6.07, 6.45) is 2.89. The SMILES string of the molecule is CCNC(=NCc1cccc(COC)c1)NCC(CC)(CC)CCO. The molecular weight excluding hydrogens is 314 g/mol. The van der Waals surface area contributed by atoms with Gasteiger partial charge in [0.1, 0.15) is 0 Å². The molecule has 0 bridgehead atoms. The van der Waals surface area contributed by atoms with Crippen molar-refractivity contribution in [1.82, 2.24) is 10.6 Å². The zero-order valence-electron chi connectivity index (χ0n) is 16.3. The van der Waals surface area contributed by atoms with E-state index in [0.717, 1.165) is 43.9 Å². The van der Waals surface area contributed by atoms with E-state index < -0.39 is 0 Å². The van der Waals surface area contributed by atoms with Crippen molar-refractivity contribution in [1.29, 1.82) is 0 Å². The zero-order valence-corrected chi connectivity index (χ0v) is 16.3. The number of hydrogen-bond donors (Lipinski definition) is 3. The van der Waals surface area contributed by atoms with Gasteiger partial charge in [-0.15, -0.1) is 0 Å². The van der Waals surface area contributed by atoms with Crippen LogP contribution in [-0.2, 0) is 17.9 Å². The minimum absolute atomic E-state index is 0.114. The van der Waals surface area contributed by atoms with E-state index in [2.05, 4.69) is 49.6 Å². The number of ether oxygens (including phenoxy) is 1. The summed E-state index contributed by atoms with van der Waals surface area (Å²) < 4.78 is 5.19. The van der Waals surface area contributed by atoms with E-state index in [-0.39, 0.29) is 12.0 Å². The maximum atomic E-state index is 9.37. The molecule has 0 radical (unpaired) electrons. The Hall–Kier alpha value is -1.59. The second kappa shape index (κ2) is 11.9. The summed E-state index contributed by atoms with van der Waals surface area (Å²) in [6.45, 7) is 9.54. The Morgan fingerprint density at radius 2 is 1.88 bits per heavy atom. The number of benzene rings is 1. The van der Waals surface area contributed by atoms with E-state index in [9.17, 15) is 5.11 Å². The lowest BCUT2D eigenvalue weighted by Gasteiger charge is -2.32. The summed E-state index contributed by atoms with van der Waals surface area (Å²) in [5.41, 5.74) is 2.44. The maximum Gasteiger partial charge on any atom is 0.191 e. The molecule has 5 heteroatoms. The number of rotatable bonds is 11. The minimum Gasteiger partial charge on any atom is -0.396 e. The molecule has 25 heavy (non-hydrogen) atoms. The normalized spacial score (nSPS) is 12.3. The highest BCUT2D eigenvalue weighted by Crippen LogP contribution is 2.29. The number of methoxy groups -OCH3 is 1. The van der Waals surface area contributed by atoms with Crippen molar-refractivity contribution in [2.45, 2.75) is 53.2 Å². The first-order chi connectivity index (χ1) is 12.1. The van der Waals surface area contributed by atoms with Gasteiger partial charge in [-0.2, -0.15) is 0 Å². The van der Waals surface area contributed by atoms with E-state index in [1.54, 1.807) is 7.11 Å². The Labute approximate surface area is 152 Å². The lowest BCUT2D eigenvalue weighted by Crippen LogP contribution is -2.43. The van der Waals surface area contributed by atoms with Crippen molar-refractivity contribution in [2.75, 3.05) is 26.8 Å². The molecule has 0 atom stereocenters. The van der Waals surface area contributed by atoms with Crippen molar-refractivity contribution in [2.24, 2.45) is 10.4 Å². The van der Waals surface area contributed by atoms with Crippen LogP contribution >= 0.6 is 0 Å². The summed E-state index contributed by atoms with van der Waals surface area (Å²) in [5, 5.41) is 16.1. The van der Waals surface area contributed by atoms with Crippen LogP contribution < -0.4 is 10.6 Å². The van der Waals surface area contributed by atoms with Gasteiger partial charge in [0.2, 0.25) is 0 Å². The first-order valence-corrected chi connectivity index (χ1v) is 9.32. The standard InChI is InChI=1S/C20H35N3O2/c1-5-20(6-2,11-12-24)16-23-19(21-7-3)22-14-17-9-8-10-18(13-17)15-25-4/h8-10,13,24H,5-7,11-12,14-16H2,1-4H3,(H2,21,22,23). The van der Waals surface area contributed by atoms with Gasteiger partial charge in [0, 0.05) is 26.8 Å². The molecule has 0 spiro atoms. The maximum absolute atomic E-state index is 9.37. The summed E-state index contributed by atoms with van der Waals surface area (Å²) in [5.74, 6) is 0.823. The minimum atomic E-state index is 0.114. The Morgan fingerprint density at radius 1 is 1.16 bits per heavy atom. The topological polar surface area (TPSA) is 65.9 Å². The first kappa shape index (κ1) is 21.5. The lowest BCUT2D eigenvalue weighted by molar-refractivity contribution is 0.169. The van der Waals surface area contributed by atoms with Gasteiger partial charge >= 0.3 is 0 Å². The Kier molecular flexibility index (Phi) is 10.2. The highest BCUT2D eigenvalue weighted by molar-refractivity contribution is 5.79. The number of guanidine groups is 1. The second-order valence-electron chi connectivity index (χ2n) is 6.48. The van der Waals surface area contributed by atoms with Gasteiger partial charge in [0.15, 0.2) is 5.96 Å². The molecule has 0 saturated carbocycles. The number of nitrogens with zero attached hydrogens (tertiary/aromatic N) is 1. The average Bonchev–Trinajstić information content (AvgIpc) is 2.63. The van der Waals surface area contributed by atoms with Gasteiger partial charge < -0.3 is 20.5 Å². The summed E-state index contributed by atoms with van der Waals surface area (Å²) in [6, 6.07) is 8.32. The highest BCUT2D eigenvalue weighted by Gasteiger charge is 2.25.